The number of nitrogens with one attached hydrogen (secondary N) is 1. The van der Waals surface area contributed by atoms with Crippen LogP contribution in [0.15, 0.2) is 0 Å². The molecule has 0 radical (unpaired) electrons. The van der Waals surface area contributed by atoms with Crippen molar-refractivity contribution in [2.45, 2.75) is 85.4 Å². The Kier molecular flexibility index (Phi) is 6.67. The molecule has 0 saturated carbocycles. The van der Waals surface area contributed by atoms with Gasteiger partial charge in [-0.05, 0) is 32.6 Å². The van der Waals surface area contributed by atoms with Crippen molar-refractivity contribution in [1.29, 1.82) is 0 Å². The third kappa shape index (κ3) is 4.68. The maximum absolute atomic E-state index is 4.98. The topological polar surface area (TPSA) is 28.2 Å². The summed E-state index contributed by atoms with van der Waals surface area (Å²) in [6.45, 7) is 16.6. The fourth-order valence-corrected chi connectivity index (χ4v) is 3.25. The predicted octanol–water partition coefficient (Wildman–Crippen LogP) is 4.78. The Balaban J connectivity index is 3.07. The van der Waals surface area contributed by atoms with Gasteiger partial charge < -0.3 is 10.2 Å². The fraction of sp³-hybridized carbons (Fsp3) is 0.824. The van der Waals surface area contributed by atoms with Crippen LogP contribution in [0.3, 0.4) is 0 Å². The second-order valence-electron chi connectivity index (χ2n) is 6.87. The van der Waals surface area contributed by atoms with Gasteiger partial charge >= 0.3 is 0 Å². The number of thiazole rings is 1. The van der Waals surface area contributed by atoms with Crippen LogP contribution in [0.2, 0.25) is 0 Å². The first-order valence-corrected chi connectivity index (χ1v) is 9.01. The van der Waals surface area contributed by atoms with Crippen molar-refractivity contribution in [3.8, 4) is 0 Å². The minimum Gasteiger partial charge on any atom is -0.346 e. The van der Waals surface area contributed by atoms with E-state index in [1.807, 2.05) is 11.3 Å². The van der Waals surface area contributed by atoms with Crippen LogP contribution in [0.1, 0.15) is 77.8 Å². The number of aromatic nitrogens is 1. The fourth-order valence-electron chi connectivity index (χ4n) is 1.99. The lowest BCUT2D eigenvalue weighted by Crippen LogP contribution is -2.40. The summed E-state index contributed by atoms with van der Waals surface area (Å²) in [5.74, 6) is 0.525. The van der Waals surface area contributed by atoms with Crippen LogP contribution in [0, 0.1) is 0 Å². The zero-order valence-electron chi connectivity index (χ0n) is 15.1. The molecule has 0 aliphatic heterocycles. The Morgan fingerprint density at radius 2 is 1.86 bits per heavy atom. The summed E-state index contributed by atoms with van der Waals surface area (Å²) in [6.07, 6.45) is 2.25. The van der Waals surface area contributed by atoms with E-state index >= 15 is 0 Å². The Morgan fingerprint density at radius 1 is 1.24 bits per heavy atom. The van der Waals surface area contributed by atoms with Crippen LogP contribution in [-0.4, -0.2) is 23.6 Å². The van der Waals surface area contributed by atoms with Crippen molar-refractivity contribution in [3.63, 3.8) is 0 Å². The molecule has 1 unspecified atom stereocenters. The average Bonchev–Trinajstić information content (AvgIpc) is 2.87. The molecule has 1 aromatic heterocycles. The highest BCUT2D eigenvalue weighted by atomic mass is 32.1. The van der Waals surface area contributed by atoms with Crippen LogP contribution in [0.5, 0.6) is 0 Å². The van der Waals surface area contributed by atoms with Gasteiger partial charge in [0, 0.05) is 30.1 Å². The summed E-state index contributed by atoms with van der Waals surface area (Å²) in [5, 5.41) is 4.69. The molecule has 21 heavy (non-hydrogen) atoms. The number of anilines is 1. The quantitative estimate of drug-likeness (QED) is 0.749. The molecule has 122 valence electrons. The number of nitrogens with zero attached hydrogens (tertiary/aromatic N) is 2. The monoisotopic (exact) mass is 311 g/mol. The van der Waals surface area contributed by atoms with Gasteiger partial charge in [0.1, 0.15) is 0 Å². The Labute approximate surface area is 135 Å². The molecule has 1 atom stereocenters. The zero-order valence-corrected chi connectivity index (χ0v) is 15.9. The summed E-state index contributed by atoms with van der Waals surface area (Å²) in [4.78, 5) is 8.71. The molecular formula is C17H33N3S. The van der Waals surface area contributed by atoms with E-state index in [1.54, 1.807) is 0 Å². The molecule has 0 bridgehead atoms. The van der Waals surface area contributed by atoms with Gasteiger partial charge in [0.15, 0.2) is 5.13 Å². The van der Waals surface area contributed by atoms with E-state index in [0.29, 0.717) is 12.0 Å². The largest absolute Gasteiger partial charge is 0.346 e. The van der Waals surface area contributed by atoms with Gasteiger partial charge in [0.2, 0.25) is 0 Å². The highest BCUT2D eigenvalue weighted by Gasteiger charge is 2.26. The average molecular weight is 312 g/mol. The SMILES string of the molecule is CCC(C)c1nc(N(C)C(C)(C)CC)sc1CNC(C)C. The van der Waals surface area contributed by atoms with E-state index in [9.17, 15) is 0 Å². The molecule has 3 nitrogen and oxygen atoms in total. The first-order chi connectivity index (χ1) is 9.72. The van der Waals surface area contributed by atoms with Crippen LogP contribution >= 0.6 is 11.3 Å². The van der Waals surface area contributed by atoms with Gasteiger partial charge in [-0.15, -0.1) is 11.3 Å². The second kappa shape index (κ2) is 7.59. The van der Waals surface area contributed by atoms with Gasteiger partial charge in [0.05, 0.1) is 5.69 Å². The molecule has 0 aliphatic rings. The molecule has 4 heteroatoms. The minimum atomic E-state index is 0.146. The molecule has 0 fully saturated rings. The van der Waals surface area contributed by atoms with Crippen LogP contribution < -0.4 is 10.2 Å². The lowest BCUT2D eigenvalue weighted by molar-refractivity contribution is 0.469. The normalized spacial score (nSPS) is 13.8. The molecule has 1 heterocycles. The van der Waals surface area contributed by atoms with Crippen molar-refractivity contribution in [1.82, 2.24) is 10.3 Å². The first-order valence-electron chi connectivity index (χ1n) is 8.19. The molecule has 0 amide bonds. The number of hydrogen-bond donors (Lipinski definition) is 1. The van der Waals surface area contributed by atoms with Gasteiger partial charge in [-0.1, -0.05) is 34.6 Å². The van der Waals surface area contributed by atoms with Gasteiger partial charge in [-0.25, -0.2) is 4.98 Å². The van der Waals surface area contributed by atoms with Crippen molar-refractivity contribution < 1.29 is 0 Å². The molecule has 1 N–H and O–H groups in total. The van der Waals surface area contributed by atoms with E-state index < -0.39 is 0 Å². The van der Waals surface area contributed by atoms with Crippen molar-refractivity contribution in [2.75, 3.05) is 11.9 Å². The lowest BCUT2D eigenvalue weighted by Gasteiger charge is -2.34. The number of rotatable bonds is 8. The molecule has 0 aromatic carbocycles. The Hall–Kier alpha value is -0.610. The Bertz CT molecular complexity index is 437. The number of hydrogen-bond acceptors (Lipinski definition) is 4. The van der Waals surface area contributed by atoms with E-state index in [0.717, 1.165) is 24.5 Å². The summed E-state index contributed by atoms with van der Waals surface area (Å²) in [7, 11) is 2.17. The minimum absolute atomic E-state index is 0.146. The highest BCUT2D eigenvalue weighted by molar-refractivity contribution is 7.15. The third-order valence-electron chi connectivity index (χ3n) is 4.53. The van der Waals surface area contributed by atoms with Crippen molar-refractivity contribution in [3.05, 3.63) is 10.6 Å². The summed E-state index contributed by atoms with van der Waals surface area (Å²) in [5.41, 5.74) is 1.43. The molecule has 1 rings (SSSR count). The smallest absolute Gasteiger partial charge is 0.186 e. The molecule has 0 saturated heterocycles. The molecule has 1 aromatic rings. The molecule has 0 aliphatic carbocycles. The Morgan fingerprint density at radius 3 is 2.33 bits per heavy atom. The van der Waals surface area contributed by atoms with E-state index in [2.05, 4.69) is 65.7 Å². The maximum Gasteiger partial charge on any atom is 0.186 e. The summed E-state index contributed by atoms with van der Waals surface area (Å²) >= 11 is 1.85. The van der Waals surface area contributed by atoms with Crippen LogP contribution in [0.4, 0.5) is 5.13 Å². The van der Waals surface area contributed by atoms with E-state index in [4.69, 9.17) is 4.98 Å². The molecule has 0 spiro atoms. The van der Waals surface area contributed by atoms with Gasteiger partial charge in [-0.3, -0.25) is 0 Å². The predicted molar refractivity (Wildman–Crippen MR) is 95.6 cm³/mol. The lowest BCUT2D eigenvalue weighted by atomic mass is 10.0. The van der Waals surface area contributed by atoms with Gasteiger partial charge in [-0.2, -0.15) is 0 Å². The van der Waals surface area contributed by atoms with Crippen LogP contribution in [-0.2, 0) is 6.54 Å². The van der Waals surface area contributed by atoms with E-state index in [-0.39, 0.29) is 5.54 Å². The molecular weight excluding hydrogens is 278 g/mol. The maximum atomic E-state index is 4.98. The standard InChI is InChI=1S/C17H33N3S/c1-9-13(5)15-14(11-18-12(3)4)21-16(19-15)20(8)17(6,7)10-2/h12-13,18H,9-11H2,1-8H3. The van der Waals surface area contributed by atoms with Crippen molar-refractivity contribution in [2.24, 2.45) is 0 Å². The third-order valence-corrected chi connectivity index (χ3v) is 5.67. The highest BCUT2D eigenvalue weighted by Crippen LogP contribution is 2.35. The summed E-state index contributed by atoms with van der Waals surface area (Å²) in [6, 6.07) is 0.505. The second-order valence-corrected chi connectivity index (χ2v) is 7.94. The van der Waals surface area contributed by atoms with Crippen LogP contribution in [0.25, 0.3) is 0 Å². The van der Waals surface area contributed by atoms with E-state index in [1.165, 1.54) is 10.6 Å². The van der Waals surface area contributed by atoms with Crippen molar-refractivity contribution >= 4 is 16.5 Å². The first kappa shape index (κ1) is 18.4. The van der Waals surface area contributed by atoms with Gasteiger partial charge in [0.25, 0.3) is 0 Å². The zero-order chi connectivity index (χ0) is 16.2. The summed E-state index contributed by atoms with van der Waals surface area (Å²) < 4.78 is 0.